The van der Waals surface area contributed by atoms with Crippen LogP contribution in [-0.4, -0.2) is 48.2 Å². The first kappa shape index (κ1) is 18.2. The number of likely N-dealkylation sites (tertiary alicyclic amines) is 1. The van der Waals surface area contributed by atoms with Crippen LogP contribution in [0.2, 0.25) is 0 Å². The molecule has 0 unspecified atom stereocenters. The number of carbonyl (C=O) groups excluding carboxylic acids is 1. The number of nitrogens with zero attached hydrogens (tertiary/aromatic N) is 1. The van der Waals surface area contributed by atoms with Crippen LogP contribution in [0.3, 0.4) is 0 Å². The second-order valence-electron chi connectivity index (χ2n) is 7.43. The van der Waals surface area contributed by atoms with Gasteiger partial charge >= 0.3 is 0 Å². The van der Waals surface area contributed by atoms with Gasteiger partial charge in [-0.3, -0.25) is 9.69 Å². The van der Waals surface area contributed by atoms with Crippen molar-refractivity contribution in [3.63, 3.8) is 0 Å². The molecule has 2 aliphatic heterocycles. The maximum absolute atomic E-state index is 12.4. The Labute approximate surface area is 140 Å². The summed E-state index contributed by atoms with van der Waals surface area (Å²) in [4.78, 5) is 14.7. The van der Waals surface area contributed by atoms with Crippen LogP contribution in [-0.2, 0) is 4.79 Å². The van der Waals surface area contributed by atoms with Crippen molar-refractivity contribution in [1.29, 1.82) is 0 Å². The standard InChI is InChI=1S/C19H32N2O2/c1-15(2)6-4-7-16(3)8-12-21-13-9-17(22)19(14-21)10-5-11-20-18(19)23/h6,8,17,22H,4-5,7,9-14H2,1-3H3,(H,20,23)/b16-8+/t17-,19-/m1/s1. The number of amides is 1. The number of rotatable bonds is 5. The average Bonchev–Trinajstić information content (AvgIpc) is 2.51. The maximum atomic E-state index is 12.4. The van der Waals surface area contributed by atoms with Gasteiger partial charge in [0.25, 0.3) is 0 Å². The summed E-state index contributed by atoms with van der Waals surface area (Å²) < 4.78 is 0. The van der Waals surface area contributed by atoms with Gasteiger partial charge in [0.2, 0.25) is 5.91 Å². The molecule has 0 radical (unpaired) electrons. The van der Waals surface area contributed by atoms with Crippen molar-refractivity contribution in [2.75, 3.05) is 26.2 Å². The van der Waals surface area contributed by atoms with E-state index in [0.717, 1.165) is 45.3 Å². The summed E-state index contributed by atoms with van der Waals surface area (Å²) in [6.45, 7) is 9.62. The Balaban J connectivity index is 1.91. The van der Waals surface area contributed by atoms with Crippen molar-refractivity contribution in [2.45, 2.75) is 59.0 Å². The number of hydrogen-bond donors (Lipinski definition) is 2. The molecule has 2 aliphatic rings. The fourth-order valence-corrected chi connectivity index (χ4v) is 3.66. The second-order valence-corrected chi connectivity index (χ2v) is 7.43. The third-order valence-corrected chi connectivity index (χ3v) is 5.19. The molecule has 0 aromatic heterocycles. The van der Waals surface area contributed by atoms with Crippen molar-refractivity contribution in [2.24, 2.45) is 5.41 Å². The molecule has 0 aliphatic carbocycles. The summed E-state index contributed by atoms with van der Waals surface area (Å²) in [6.07, 6.45) is 8.71. The Morgan fingerprint density at radius 3 is 2.87 bits per heavy atom. The van der Waals surface area contributed by atoms with Crippen molar-refractivity contribution < 1.29 is 9.90 Å². The minimum atomic E-state index is -0.583. The molecule has 2 fully saturated rings. The molecule has 1 spiro atoms. The topological polar surface area (TPSA) is 52.6 Å². The average molecular weight is 320 g/mol. The monoisotopic (exact) mass is 320 g/mol. The molecule has 4 heteroatoms. The number of hydrogen-bond acceptors (Lipinski definition) is 3. The first-order valence-corrected chi connectivity index (χ1v) is 8.92. The molecule has 1 amide bonds. The van der Waals surface area contributed by atoms with Gasteiger partial charge in [-0.1, -0.05) is 23.3 Å². The van der Waals surface area contributed by atoms with Crippen molar-refractivity contribution in [3.8, 4) is 0 Å². The Bertz CT molecular complexity index is 480. The van der Waals surface area contributed by atoms with E-state index in [9.17, 15) is 9.90 Å². The Morgan fingerprint density at radius 1 is 1.39 bits per heavy atom. The van der Waals surface area contributed by atoms with E-state index in [1.165, 1.54) is 11.1 Å². The van der Waals surface area contributed by atoms with E-state index in [1.54, 1.807) is 0 Å². The Morgan fingerprint density at radius 2 is 2.17 bits per heavy atom. The zero-order valence-electron chi connectivity index (χ0n) is 14.9. The molecule has 23 heavy (non-hydrogen) atoms. The largest absolute Gasteiger partial charge is 0.392 e. The predicted octanol–water partition coefficient (Wildman–Crippen LogP) is 2.64. The van der Waals surface area contributed by atoms with Crippen LogP contribution < -0.4 is 5.32 Å². The molecule has 4 nitrogen and oxygen atoms in total. The second kappa shape index (κ2) is 8.11. The first-order valence-electron chi connectivity index (χ1n) is 8.92. The highest BCUT2D eigenvalue weighted by Gasteiger charge is 2.49. The summed E-state index contributed by atoms with van der Waals surface area (Å²) in [5, 5.41) is 13.4. The molecule has 2 rings (SSSR count). The molecule has 2 heterocycles. The number of nitrogens with one attached hydrogen (secondary N) is 1. The van der Waals surface area contributed by atoms with Gasteiger partial charge < -0.3 is 10.4 Å². The van der Waals surface area contributed by atoms with E-state index in [0.29, 0.717) is 13.0 Å². The molecule has 130 valence electrons. The Hall–Kier alpha value is -1.13. The first-order chi connectivity index (χ1) is 10.9. The third kappa shape index (κ3) is 4.67. The van der Waals surface area contributed by atoms with E-state index in [4.69, 9.17) is 0 Å². The quantitative estimate of drug-likeness (QED) is 0.766. The molecule has 2 saturated heterocycles. The lowest BCUT2D eigenvalue weighted by molar-refractivity contribution is -0.148. The van der Waals surface area contributed by atoms with Crippen LogP contribution in [0.15, 0.2) is 23.3 Å². The van der Waals surface area contributed by atoms with Gasteiger partial charge in [0.1, 0.15) is 0 Å². The zero-order valence-corrected chi connectivity index (χ0v) is 14.9. The molecule has 2 atom stereocenters. The summed E-state index contributed by atoms with van der Waals surface area (Å²) in [5.74, 6) is 0.0465. The van der Waals surface area contributed by atoms with Crippen LogP contribution in [0.5, 0.6) is 0 Å². The summed E-state index contributed by atoms with van der Waals surface area (Å²) in [5.41, 5.74) is 2.18. The fraction of sp³-hybridized carbons (Fsp3) is 0.737. The van der Waals surface area contributed by atoms with Gasteiger partial charge in [-0.05, 0) is 52.9 Å². The SMILES string of the molecule is CC(C)=CCC/C(C)=C/CN1CC[C@@H](O)[C@@]2(CCCNC2=O)C1. The van der Waals surface area contributed by atoms with E-state index < -0.39 is 11.5 Å². The van der Waals surface area contributed by atoms with Crippen LogP contribution in [0, 0.1) is 5.41 Å². The molecular weight excluding hydrogens is 288 g/mol. The summed E-state index contributed by atoms with van der Waals surface area (Å²) in [6, 6.07) is 0. The van der Waals surface area contributed by atoms with Gasteiger partial charge in [-0.25, -0.2) is 0 Å². The minimum Gasteiger partial charge on any atom is -0.392 e. The normalized spacial score (nSPS) is 29.5. The van der Waals surface area contributed by atoms with Crippen molar-refractivity contribution in [1.82, 2.24) is 10.2 Å². The predicted molar refractivity (Wildman–Crippen MR) is 94.2 cm³/mol. The van der Waals surface area contributed by atoms with Crippen LogP contribution >= 0.6 is 0 Å². The number of allylic oxidation sites excluding steroid dienone is 3. The minimum absolute atomic E-state index is 0.0465. The number of carbonyl (C=O) groups is 1. The van der Waals surface area contributed by atoms with Crippen LogP contribution in [0.1, 0.15) is 52.9 Å². The number of aliphatic hydroxyl groups is 1. The van der Waals surface area contributed by atoms with Gasteiger partial charge in [-0.15, -0.1) is 0 Å². The Kier molecular flexibility index (Phi) is 6.42. The van der Waals surface area contributed by atoms with Gasteiger partial charge in [0.05, 0.1) is 11.5 Å². The fourth-order valence-electron chi connectivity index (χ4n) is 3.66. The number of aliphatic hydroxyl groups excluding tert-OH is 1. The lowest BCUT2D eigenvalue weighted by atomic mass is 9.71. The van der Waals surface area contributed by atoms with E-state index in [1.807, 2.05) is 0 Å². The summed E-state index contributed by atoms with van der Waals surface area (Å²) in [7, 11) is 0. The number of piperidine rings is 2. The van der Waals surface area contributed by atoms with Gasteiger partial charge in [-0.2, -0.15) is 0 Å². The van der Waals surface area contributed by atoms with E-state index in [-0.39, 0.29) is 5.91 Å². The molecular formula is C19H32N2O2. The lowest BCUT2D eigenvalue weighted by Gasteiger charge is -2.46. The van der Waals surface area contributed by atoms with E-state index >= 15 is 0 Å². The highest BCUT2D eigenvalue weighted by atomic mass is 16.3. The highest BCUT2D eigenvalue weighted by molar-refractivity contribution is 5.84. The molecule has 2 N–H and O–H groups in total. The maximum Gasteiger partial charge on any atom is 0.230 e. The van der Waals surface area contributed by atoms with Crippen LogP contribution in [0.25, 0.3) is 0 Å². The highest BCUT2D eigenvalue weighted by Crippen LogP contribution is 2.37. The molecule has 0 saturated carbocycles. The van der Waals surface area contributed by atoms with Crippen LogP contribution in [0.4, 0.5) is 0 Å². The van der Waals surface area contributed by atoms with Crippen molar-refractivity contribution >= 4 is 5.91 Å². The zero-order chi connectivity index (χ0) is 16.9. The third-order valence-electron chi connectivity index (χ3n) is 5.19. The molecule has 0 aromatic carbocycles. The van der Waals surface area contributed by atoms with Crippen molar-refractivity contribution in [3.05, 3.63) is 23.3 Å². The lowest BCUT2D eigenvalue weighted by Crippen LogP contribution is -2.61. The van der Waals surface area contributed by atoms with Gasteiger partial charge in [0.15, 0.2) is 0 Å². The molecule has 0 aromatic rings. The summed E-state index contributed by atoms with van der Waals surface area (Å²) >= 11 is 0. The van der Waals surface area contributed by atoms with Gasteiger partial charge in [0, 0.05) is 26.2 Å². The van der Waals surface area contributed by atoms with E-state index in [2.05, 4.69) is 43.1 Å². The smallest absolute Gasteiger partial charge is 0.230 e. The molecule has 0 bridgehead atoms.